The van der Waals surface area contributed by atoms with Gasteiger partial charge in [0.15, 0.2) is 6.10 Å². The number of nitrogens with one attached hydrogen (secondary N) is 1. The highest BCUT2D eigenvalue weighted by Gasteiger charge is 2.37. The van der Waals surface area contributed by atoms with Crippen LogP contribution in [0.4, 0.5) is 5.69 Å². The van der Waals surface area contributed by atoms with E-state index in [4.69, 9.17) is 9.47 Å². The molecule has 1 saturated heterocycles. The molecule has 1 fully saturated rings. The molecule has 2 aliphatic rings. The lowest BCUT2D eigenvalue weighted by Gasteiger charge is -2.35. The number of methoxy groups -OCH3 is 1. The van der Waals surface area contributed by atoms with Gasteiger partial charge < -0.3 is 14.8 Å². The van der Waals surface area contributed by atoms with Crippen LogP contribution in [0.1, 0.15) is 29.5 Å². The summed E-state index contributed by atoms with van der Waals surface area (Å²) in [6.45, 7) is 5.14. The molecule has 0 radical (unpaired) electrons. The zero-order chi connectivity index (χ0) is 26.7. The average Bonchev–Trinajstić information content (AvgIpc) is 3.44. The molecule has 0 aromatic heterocycles. The standard InChI is InChI=1S/C29H33N3O5S/c1-21-9-14-26-27(17-21)37-28(20-32(26)38(34,35)25-12-10-24(36-2)11-13-25)29(33)30-18-22-7-3-4-8-23(22)19-31-15-5-6-16-31/h3-4,7-14,17,28H,5-6,15-16,18-20H2,1-2H3,(H,30,33). The second-order valence-corrected chi connectivity index (χ2v) is 11.6. The van der Waals surface area contributed by atoms with Crippen LogP contribution in [0.2, 0.25) is 0 Å². The van der Waals surface area contributed by atoms with E-state index in [9.17, 15) is 13.2 Å². The number of hydrogen-bond acceptors (Lipinski definition) is 6. The van der Waals surface area contributed by atoms with Crippen LogP contribution in [0.15, 0.2) is 71.6 Å². The number of sulfonamides is 1. The van der Waals surface area contributed by atoms with Crippen molar-refractivity contribution in [1.29, 1.82) is 0 Å². The third-order valence-corrected chi connectivity index (χ3v) is 8.88. The summed E-state index contributed by atoms with van der Waals surface area (Å²) in [7, 11) is -2.43. The van der Waals surface area contributed by atoms with Crippen LogP contribution in [0.5, 0.6) is 11.5 Å². The Morgan fingerprint density at radius 3 is 2.45 bits per heavy atom. The van der Waals surface area contributed by atoms with Gasteiger partial charge in [-0.15, -0.1) is 0 Å². The molecule has 2 heterocycles. The topological polar surface area (TPSA) is 88.2 Å². The predicted octanol–water partition coefficient (Wildman–Crippen LogP) is 3.87. The monoisotopic (exact) mass is 535 g/mol. The van der Waals surface area contributed by atoms with Gasteiger partial charge in [0.1, 0.15) is 11.5 Å². The highest BCUT2D eigenvalue weighted by atomic mass is 32.2. The zero-order valence-corrected chi connectivity index (χ0v) is 22.5. The summed E-state index contributed by atoms with van der Waals surface area (Å²) in [6.07, 6.45) is 1.44. The highest BCUT2D eigenvalue weighted by Crippen LogP contribution is 2.38. The highest BCUT2D eigenvalue weighted by molar-refractivity contribution is 7.92. The zero-order valence-electron chi connectivity index (χ0n) is 21.7. The molecule has 2 aliphatic heterocycles. The second kappa shape index (κ2) is 11.0. The van der Waals surface area contributed by atoms with E-state index in [1.807, 2.05) is 31.2 Å². The first-order valence-electron chi connectivity index (χ1n) is 12.9. The molecule has 1 N–H and O–H groups in total. The Hall–Kier alpha value is -3.56. The predicted molar refractivity (Wildman–Crippen MR) is 146 cm³/mol. The Kier molecular flexibility index (Phi) is 7.58. The van der Waals surface area contributed by atoms with Crippen LogP contribution in [0.3, 0.4) is 0 Å². The molecule has 1 atom stereocenters. The van der Waals surface area contributed by atoms with Crippen molar-refractivity contribution in [3.63, 3.8) is 0 Å². The van der Waals surface area contributed by atoms with Crippen LogP contribution in [-0.4, -0.2) is 52.1 Å². The van der Waals surface area contributed by atoms with Gasteiger partial charge in [0.25, 0.3) is 15.9 Å². The number of benzene rings is 3. The van der Waals surface area contributed by atoms with Crippen LogP contribution in [0.25, 0.3) is 0 Å². The SMILES string of the molecule is COc1ccc(S(=O)(=O)N2CC(C(=O)NCc3ccccc3CN3CCCC3)Oc3cc(C)ccc32)cc1. The van der Waals surface area contributed by atoms with Crippen molar-refractivity contribution in [2.45, 2.75) is 43.9 Å². The van der Waals surface area contributed by atoms with E-state index in [1.54, 1.807) is 24.3 Å². The van der Waals surface area contributed by atoms with Gasteiger partial charge in [-0.2, -0.15) is 0 Å². The van der Waals surface area contributed by atoms with Crippen molar-refractivity contribution < 1.29 is 22.7 Å². The van der Waals surface area contributed by atoms with Crippen molar-refractivity contribution in [2.75, 3.05) is 31.0 Å². The van der Waals surface area contributed by atoms with Gasteiger partial charge in [-0.25, -0.2) is 8.42 Å². The van der Waals surface area contributed by atoms with Crippen molar-refractivity contribution in [3.8, 4) is 11.5 Å². The Morgan fingerprint density at radius 1 is 1.03 bits per heavy atom. The van der Waals surface area contributed by atoms with E-state index in [0.717, 1.165) is 30.8 Å². The molecule has 38 heavy (non-hydrogen) atoms. The fourth-order valence-corrected chi connectivity index (χ4v) is 6.44. The lowest BCUT2D eigenvalue weighted by Crippen LogP contribution is -2.50. The third kappa shape index (κ3) is 5.49. The number of hydrogen-bond donors (Lipinski definition) is 1. The lowest BCUT2D eigenvalue weighted by atomic mass is 10.1. The van der Waals surface area contributed by atoms with Crippen molar-refractivity contribution in [3.05, 3.63) is 83.4 Å². The van der Waals surface area contributed by atoms with Gasteiger partial charge >= 0.3 is 0 Å². The smallest absolute Gasteiger partial charge is 0.264 e. The summed E-state index contributed by atoms with van der Waals surface area (Å²) in [5, 5.41) is 2.99. The molecule has 9 heteroatoms. The Balaban J connectivity index is 1.36. The first kappa shape index (κ1) is 26.1. The third-order valence-electron chi connectivity index (χ3n) is 7.09. The molecule has 3 aromatic carbocycles. The molecule has 200 valence electrons. The summed E-state index contributed by atoms with van der Waals surface area (Å²) in [5.41, 5.74) is 3.54. The maximum atomic E-state index is 13.7. The molecule has 1 amide bonds. The number of nitrogens with zero attached hydrogens (tertiary/aromatic N) is 2. The molecule has 3 aromatic rings. The number of ether oxygens (including phenoxy) is 2. The van der Waals surface area contributed by atoms with Gasteiger partial charge in [0.2, 0.25) is 0 Å². The summed E-state index contributed by atoms with van der Waals surface area (Å²) in [6, 6.07) is 19.6. The largest absolute Gasteiger partial charge is 0.497 e. The van der Waals surface area contributed by atoms with Crippen molar-refractivity contribution in [2.24, 2.45) is 0 Å². The minimum atomic E-state index is -3.95. The minimum Gasteiger partial charge on any atom is -0.497 e. The van der Waals surface area contributed by atoms with Crippen LogP contribution < -0.4 is 19.1 Å². The summed E-state index contributed by atoms with van der Waals surface area (Å²) in [4.78, 5) is 15.9. The minimum absolute atomic E-state index is 0.113. The average molecular weight is 536 g/mol. The van der Waals surface area contributed by atoms with Gasteiger partial charge in [0, 0.05) is 13.1 Å². The molecule has 0 aliphatic carbocycles. The quantitative estimate of drug-likeness (QED) is 0.471. The number of carbonyl (C=O) groups excluding carboxylic acids is 1. The van der Waals surface area contributed by atoms with E-state index in [1.165, 1.54) is 42.0 Å². The molecule has 0 saturated carbocycles. The van der Waals surface area contributed by atoms with E-state index in [-0.39, 0.29) is 17.3 Å². The molecule has 1 unspecified atom stereocenters. The number of rotatable bonds is 8. The number of aryl methyl sites for hydroxylation is 1. The first-order valence-corrected chi connectivity index (χ1v) is 14.3. The second-order valence-electron chi connectivity index (χ2n) is 9.76. The van der Waals surface area contributed by atoms with Crippen LogP contribution >= 0.6 is 0 Å². The maximum Gasteiger partial charge on any atom is 0.264 e. The molecule has 0 bridgehead atoms. The van der Waals surface area contributed by atoms with Gasteiger partial charge in [-0.05, 0) is 85.9 Å². The van der Waals surface area contributed by atoms with Crippen molar-refractivity contribution in [1.82, 2.24) is 10.2 Å². The van der Waals surface area contributed by atoms with Crippen LogP contribution in [-0.2, 0) is 27.9 Å². The fraction of sp³-hybridized carbons (Fsp3) is 0.345. The number of carbonyl (C=O) groups is 1. The Labute approximate surface area is 224 Å². The fourth-order valence-electron chi connectivity index (χ4n) is 4.96. The number of fused-ring (bicyclic) bond motifs is 1. The Bertz CT molecular complexity index is 1400. The van der Waals surface area contributed by atoms with Crippen LogP contribution in [0, 0.1) is 6.92 Å². The molecular weight excluding hydrogens is 502 g/mol. The molecular formula is C29H33N3O5S. The van der Waals surface area contributed by atoms with Gasteiger partial charge in [-0.1, -0.05) is 30.3 Å². The van der Waals surface area contributed by atoms with Crippen molar-refractivity contribution >= 4 is 21.6 Å². The normalized spacial score (nSPS) is 17.5. The van der Waals surface area contributed by atoms with E-state index < -0.39 is 16.1 Å². The van der Waals surface area contributed by atoms with E-state index in [0.29, 0.717) is 23.7 Å². The van der Waals surface area contributed by atoms with Gasteiger partial charge in [0.05, 0.1) is 24.2 Å². The Morgan fingerprint density at radius 2 is 1.74 bits per heavy atom. The van der Waals surface area contributed by atoms with E-state index in [2.05, 4.69) is 16.3 Å². The number of amides is 1. The summed E-state index contributed by atoms with van der Waals surface area (Å²) >= 11 is 0. The molecule has 8 nitrogen and oxygen atoms in total. The summed E-state index contributed by atoms with van der Waals surface area (Å²) < 4.78 is 39.9. The number of likely N-dealkylation sites (tertiary alicyclic amines) is 1. The lowest BCUT2D eigenvalue weighted by molar-refractivity contribution is -0.127. The van der Waals surface area contributed by atoms with E-state index >= 15 is 0 Å². The number of anilines is 1. The van der Waals surface area contributed by atoms with Gasteiger partial charge in [-0.3, -0.25) is 14.0 Å². The maximum absolute atomic E-state index is 13.7. The first-order chi connectivity index (χ1) is 18.3. The molecule has 5 rings (SSSR count). The summed E-state index contributed by atoms with van der Waals surface area (Å²) in [5.74, 6) is 0.565. The molecule has 0 spiro atoms.